The third-order valence-electron chi connectivity index (χ3n) is 5.59. The first-order chi connectivity index (χ1) is 17.3. The zero-order valence-electron chi connectivity index (χ0n) is 18.3. The average molecular weight is 612 g/mol. The number of alkyl halides is 5. The van der Waals surface area contributed by atoms with Crippen molar-refractivity contribution < 1.29 is 22.8 Å². The summed E-state index contributed by atoms with van der Waals surface area (Å²) in [5, 5.41) is 3.48. The molecule has 13 heteroatoms. The van der Waals surface area contributed by atoms with E-state index in [9.17, 15) is 22.8 Å². The quantitative estimate of drug-likeness (QED) is 0.196. The van der Waals surface area contributed by atoms with E-state index in [1.54, 1.807) is 18.2 Å². The molecule has 5 nitrogen and oxygen atoms in total. The average Bonchev–Trinajstić information content (AvgIpc) is 3.40. The van der Waals surface area contributed by atoms with E-state index in [1.165, 1.54) is 18.2 Å². The Bertz CT molecular complexity index is 1350. The topological polar surface area (TPSA) is 70.2 Å². The van der Waals surface area contributed by atoms with Crippen molar-refractivity contribution in [2.24, 2.45) is 5.92 Å². The maximum absolute atomic E-state index is 12.9. The second-order valence-corrected chi connectivity index (χ2v) is 10.9. The number of hydrogen-bond acceptors (Lipinski definition) is 3. The highest BCUT2D eigenvalue weighted by Gasteiger charge is 2.67. The molecule has 0 saturated heterocycles. The van der Waals surface area contributed by atoms with Gasteiger partial charge in [0.2, 0.25) is 5.91 Å². The Balaban J connectivity index is 1.43. The zero-order chi connectivity index (χ0) is 27.1. The van der Waals surface area contributed by atoms with Crippen molar-refractivity contribution in [3.05, 3.63) is 92.4 Å². The number of halogens is 8. The van der Waals surface area contributed by atoms with Gasteiger partial charge in [0.1, 0.15) is 4.33 Å². The van der Waals surface area contributed by atoms with E-state index in [4.69, 9.17) is 58.0 Å². The van der Waals surface area contributed by atoms with E-state index >= 15 is 0 Å². The van der Waals surface area contributed by atoms with Crippen molar-refractivity contribution in [2.75, 3.05) is 10.7 Å². The molecule has 4 rings (SSSR count). The van der Waals surface area contributed by atoms with Gasteiger partial charge in [-0.25, -0.2) is 0 Å². The largest absolute Gasteiger partial charge is 0.416 e. The van der Waals surface area contributed by atoms with Crippen LogP contribution in [-0.2, 0) is 11.0 Å². The first kappa shape index (κ1) is 27.7. The molecular weight excluding hydrogens is 597 g/mol. The standard InChI is InChI=1S/C24H15Cl5F3N3O2/c25-13-7-11(8-14(26)9-13)19-20(23(19,28)29)22(37)33-16-5-6-18(27)17(10-16)21(36)35-34-15-3-1-12(2-4-15)24(30,31)32/h1-10,19-20,34H,(H,33,37)(H,35,36)/t19-,20+/m0/s1. The first-order valence-electron chi connectivity index (χ1n) is 10.4. The molecule has 2 amide bonds. The van der Waals surface area contributed by atoms with Crippen LogP contribution in [0, 0.1) is 5.92 Å². The number of anilines is 2. The summed E-state index contributed by atoms with van der Waals surface area (Å²) in [6.07, 6.45) is -4.48. The molecule has 1 aliphatic rings. The number of benzene rings is 3. The van der Waals surface area contributed by atoms with Crippen molar-refractivity contribution in [1.29, 1.82) is 0 Å². The second kappa shape index (κ2) is 10.4. The van der Waals surface area contributed by atoms with Crippen LogP contribution in [0.2, 0.25) is 15.1 Å². The normalized spacial score (nSPS) is 18.2. The van der Waals surface area contributed by atoms with Crippen molar-refractivity contribution in [1.82, 2.24) is 5.43 Å². The Morgan fingerprint density at radius 2 is 1.43 bits per heavy atom. The highest BCUT2D eigenvalue weighted by Crippen LogP contribution is 2.65. The van der Waals surface area contributed by atoms with E-state index in [0.717, 1.165) is 24.3 Å². The van der Waals surface area contributed by atoms with Gasteiger partial charge >= 0.3 is 6.18 Å². The predicted molar refractivity (Wildman–Crippen MR) is 140 cm³/mol. The van der Waals surface area contributed by atoms with E-state index < -0.39 is 39.7 Å². The lowest BCUT2D eigenvalue weighted by Crippen LogP contribution is -2.29. The monoisotopic (exact) mass is 609 g/mol. The van der Waals surface area contributed by atoms with Crippen molar-refractivity contribution >= 4 is 81.2 Å². The number of hydrazine groups is 1. The number of carbonyl (C=O) groups is 2. The molecule has 1 saturated carbocycles. The summed E-state index contributed by atoms with van der Waals surface area (Å²) in [4.78, 5) is 25.6. The SMILES string of the molecule is O=C(NNc1ccc(C(F)(F)F)cc1)c1cc(NC(=O)[C@H]2[C@H](c3cc(Cl)cc(Cl)c3)C2(Cl)Cl)ccc1Cl. The molecule has 37 heavy (non-hydrogen) atoms. The van der Waals surface area contributed by atoms with Gasteiger partial charge in [0, 0.05) is 21.7 Å². The lowest BCUT2D eigenvalue weighted by atomic mass is 10.1. The molecule has 1 aliphatic carbocycles. The van der Waals surface area contributed by atoms with Crippen LogP contribution in [0.1, 0.15) is 27.4 Å². The summed E-state index contributed by atoms with van der Waals surface area (Å²) in [6, 6.07) is 13.1. The molecular formula is C24H15Cl5F3N3O2. The predicted octanol–water partition coefficient (Wildman–Crippen LogP) is 7.95. The highest BCUT2D eigenvalue weighted by molar-refractivity contribution is 6.53. The van der Waals surface area contributed by atoms with Crippen molar-refractivity contribution in [3.63, 3.8) is 0 Å². The van der Waals surface area contributed by atoms with Crippen LogP contribution in [0.4, 0.5) is 24.5 Å². The van der Waals surface area contributed by atoms with Crippen LogP contribution < -0.4 is 16.2 Å². The third kappa shape index (κ3) is 6.21. The van der Waals surface area contributed by atoms with Gasteiger partial charge in [0.05, 0.1) is 27.8 Å². The Labute approximate surface area is 234 Å². The molecule has 0 heterocycles. The Morgan fingerprint density at radius 1 is 0.838 bits per heavy atom. The smallest absolute Gasteiger partial charge is 0.326 e. The van der Waals surface area contributed by atoms with Crippen LogP contribution in [0.25, 0.3) is 0 Å². The summed E-state index contributed by atoms with van der Waals surface area (Å²) in [6.45, 7) is 0. The van der Waals surface area contributed by atoms with Gasteiger partial charge in [-0.05, 0) is 66.2 Å². The number of carbonyl (C=O) groups excluding carboxylic acids is 2. The minimum absolute atomic E-state index is 0.00383. The fraction of sp³-hybridized carbons (Fsp3) is 0.167. The van der Waals surface area contributed by atoms with Gasteiger partial charge in [-0.3, -0.25) is 20.4 Å². The number of nitrogens with one attached hydrogen (secondary N) is 3. The van der Waals surface area contributed by atoms with Gasteiger partial charge in [-0.1, -0.05) is 34.8 Å². The number of rotatable bonds is 6. The molecule has 3 aromatic carbocycles. The molecule has 3 aromatic rings. The molecule has 0 bridgehead atoms. The molecule has 0 spiro atoms. The number of amides is 2. The van der Waals surface area contributed by atoms with Crippen LogP contribution >= 0.6 is 58.0 Å². The van der Waals surface area contributed by atoms with E-state index in [-0.39, 0.29) is 22.0 Å². The van der Waals surface area contributed by atoms with Crippen LogP contribution in [-0.4, -0.2) is 16.1 Å². The Morgan fingerprint density at radius 3 is 2.03 bits per heavy atom. The minimum Gasteiger partial charge on any atom is -0.326 e. The van der Waals surface area contributed by atoms with E-state index in [1.807, 2.05) is 0 Å². The molecule has 2 atom stereocenters. The van der Waals surface area contributed by atoms with Gasteiger partial charge in [0.25, 0.3) is 5.91 Å². The maximum Gasteiger partial charge on any atom is 0.416 e. The number of hydrogen-bond donors (Lipinski definition) is 3. The van der Waals surface area contributed by atoms with Crippen molar-refractivity contribution in [2.45, 2.75) is 16.4 Å². The summed E-state index contributed by atoms with van der Waals surface area (Å²) in [5.74, 6) is -2.57. The fourth-order valence-electron chi connectivity index (χ4n) is 3.76. The van der Waals surface area contributed by atoms with E-state index in [2.05, 4.69) is 16.2 Å². The Kier molecular flexibility index (Phi) is 7.79. The minimum atomic E-state index is -4.48. The lowest BCUT2D eigenvalue weighted by Gasteiger charge is -2.12. The van der Waals surface area contributed by atoms with Gasteiger partial charge in [0.15, 0.2) is 0 Å². The second-order valence-electron chi connectivity index (χ2n) is 8.17. The lowest BCUT2D eigenvalue weighted by molar-refractivity contribution is -0.137. The molecule has 0 radical (unpaired) electrons. The summed E-state index contributed by atoms with van der Waals surface area (Å²) in [7, 11) is 0. The van der Waals surface area contributed by atoms with Crippen LogP contribution in [0.5, 0.6) is 0 Å². The van der Waals surface area contributed by atoms with Crippen LogP contribution in [0.3, 0.4) is 0 Å². The first-order valence-corrected chi connectivity index (χ1v) is 12.3. The maximum atomic E-state index is 12.9. The van der Waals surface area contributed by atoms with Crippen LogP contribution in [0.15, 0.2) is 60.7 Å². The molecule has 3 N–H and O–H groups in total. The molecule has 0 aliphatic heterocycles. The fourth-order valence-corrected chi connectivity index (χ4v) is 5.33. The highest BCUT2D eigenvalue weighted by atomic mass is 35.5. The summed E-state index contributed by atoms with van der Waals surface area (Å²) < 4.78 is 36.7. The third-order valence-corrected chi connectivity index (χ3v) is 7.30. The Hall–Kier alpha value is -2.36. The molecule has 0 unspecified atom stereocenters. The summed E-state index contributed by atoms with van der Waals surface area (Å²) >= 11 is 31.0. The molecule has 1 fully saturated rings. The van der Waals surface area contributed by atoms with Gasteiger partial charge in [-0.15, -0.1) is 23.2 Å². The summed E-state index contributed by atoms with van der Waals surface area (Å²) in [5.41, 5.74) is 5.09. The van der Waals surface area contributed by atoms with Gasteiger partial charge in [-0.2, -0.15) is 13.2 Å². The molecule has 194 valence electrons. The molecule has 0 aromatic heterocycles. The van der Waals surface area contributed by atoms with Gasteiger partial charge < -0.3 is 5.32 Å². The van der Waals surface area contributed by atoms with E-state index in [0.29, 0.717) is 15.6 Å². The van der Waals surface area contributed by atoms with Crippen molar-refractivity contribution in [3.8, 4) is 0 Å². The zero-order valence-corrected chi connectivity index (χ0v) is 22.0.